The van der Waals surface area contributed by atoms with Crippen LogP contribution in [0.5, 0.6) is 17.2 Å². The summed E-state index contributed by atoms with van der Waals surface area (Å²) in [4.78, 5) is 12.4. The van der Waals surface area contributed by atoms with Crippen molar-refractivity contribution in [2.24, 2.45) is 5.10 Å². The average molecular weight is 398 g/mol. The quantitative estimate of drug-likeness (QED) is 0.466. The van der Waals surface area contributed by atoms with Crippen LogP contribution >= 0.6 is 0 Å². The van der Waals surface area contributed by atoms with Gasteiger partial charge in [0.25, 0.3) is 5.91 Å². The Morgan fingerprint density at radius 1 is 1.14 bits per heavy atom. The highest BCUT2D eigenvalue weighted by Gasteiger charge is 2.30. The highest BCUT2D eigenvalue weighted by molar-refractivity contribution is 5.85. The van der Waals surface area contributed by atoms with E-state index in [2.05, 4.69) is 21.4 Å². The van der Waals surface area contributed by atoms with E-state index in [1.807, 2.05) is 37.3 Å². The standard InChI is InChI=1S/C21H26N4O4/c1-4-29-16-8-6-15(7-9-16)17-12-18(24-23-17)21(26)25-22-13-14-5-10-19(27-2)20(11-14)28-3/h5-11,13,17-18,23-24H,4,12H2,1-3H3,(H,25,26)/b22-13+. The zero-order valence-corrected chi connectivity index (χ0v) is 16.8. The van der Waals surface area contributed by atoms with Crippen molar-refractivity contribution in [1.82, 2.24) is 16.3 Å². The lowest BCUT2D eigenvalue weighted by molar-refractivity contribution is -0.122. The number of carbonyl (C=O) groups is 1. The molecule has 3 rings (SSSR count). The van der Waals surface area contributed by atoms with Crippen LogP contribution in [0.1, 0.15) is 30.5 Å². The van der Waals surface area contributed by atoms with E-state index in [4.69, 9.17) is 14.2 Å². The lowest BCUT2D eigenvalue weighted by atomic mass is 10.0. The molecule has 2 aromatic rings. The fourth-order valence-corrected chi connectivity index (χ4v) is 3.09. The Labute approximate surface area is 170 Å². The Kier molecular flexibility index (Phi) is 7.04. The van der Waals surface area contributed by atoms with Gasteiger partial charge in [-0.25, -0.2) is 16.3 Å². The fourth-order valence-electron chi connectivity index (χ4n) is 3.09. The number of amides is 1. The molecule has 2 atom stereocenters. The molecular formula is C21H26N4O4. The van der Waals surface area contributed by atoms with Crippen LogP contribution in [0.3, 0.4) is 0 Å². The summed E-state index contributed by atoms with van der Waals surface area (Å²) in [5.41, 5.74) is 10.6. The number of hydrazine groups is 1. The van der Waals surface area contributed by atoms with Gasteiger partial charge in [0.2, 0.25) is 0 Å². The topological polar surface area (TPSA) is 93.2 Å². The Morgan fingerprint density at radius 2 is 1.90 bits per heavy atom. The number of hydrogen-bond donors (Lipinski definition) is 3. The maximum absolute atomic E-state index is 12.4. The van der Waals surface area contributed by atoms with E-state index in [0.717, 1.165) is 16.9 Å². The second kappa shape index (κ2) is 9.90. The van der Waals surface area contributed by atoms with Crippen molar-refractivity contribution in [3.8, 4) is 17.2 Å². The van der Waals surface area contributed by atoms with E-state index in [1.165, 1.54) is 0 Å². The molecule has 1 aliphatic rings. The number of hydrogen-bond acceptors (Lipinski definition) is 7. The summed E-state index contributed by atoms with van der Waals surface area (Å²) < 4.78 is 15.9. The van der Waals surface area contributed by atoms with Gasteiger partial charge >= 0.3 is 0 Å². The molecule has 0 aromatic heterocycles. The summed E-state index contributed by atoms with van der Waals surface area (Å²) >= 11 is 0. The molecule has 0 spiro atoms. The normalized spacial score (nSPS) is 18.6. The lowest BCUT2D eigenvalue weighted by Gasteiger charge is -2.10. The molecule has 29 heavy (non-hydrogen) atoms. The molecule has 3 N–H and O–H groups in total. The molecule has 2 unspecified atom stereocenters. The molecule has 1 aliphatic heterocycles. The summed E-state index contributed by atoms with van der Waals surface area (Å²) in [7, 11) is 3.15. The largest absolute Gasteiger partial charge is 0.494 e. The monoisotopic (exact) mass is 398 g/mol. The third-order valence-electron chi connectivity index (χ3n) is 4.61. The number of benzene rings is 2. The molecule has 1 fully saturated rings. The molecule has 0 radical (unpaired) electrons. The van der Waals surface area contributed by atoms with E-state index in [1.54, 1.807) is 32.6 Å². The minimum absolute atomic E-state index is 0.0382. The first-order valence-electron chi connectivity index (χ1n) is 9.43. The maximum Gasteiger partial charge on any atom is 0.258 e. The number of carbonyl (C=O) groups excluding carboxylic acids is 1. The van der Waals surface area contributed by atoms with Gasteiger partial charge in [0, 0.05) is 6.04 Å². The number of ether oxygens (including phenoxy) is 3. The summed E-state index contributed by atoms with van der Waals surface area (Å²) in [6.07, 6.45) is 2.18. The number of nitrogens with zero attached hydrogens (tertiary/aromatic N) is 1. The molecule has 1 heterocycles. The summed E-state index contributed by atoms with van der Waals surface area (Å²) in [6.45, 7) is 2.59. The second-order valence-corrected chi connectivity index (χ2v) is 6.48. The Hall–Kier alpha value is -3.10. The molecule has 0 saturated carbocycles. The van der Waals surface area contributed by atoms with Crippen molar-refractivity contribution < 1.29 is 19.0 Å². The lowest BCUT2D eigenvalue weighted by Crippen LogP contribution is -2.41. The fraction of sp³-hybridized carbons (Fsp3) is 0.333. The summed E-state index contributed by atoms with van der Waals surface area (Å²) in [6, 6.07) is 12.9. The van der Waals surface area contributed by atoms with Crippen LogP contribution in [0.2, 0.25) is 0 Å². The zero-order chi connectivity index (χ0) is 20.6. The van der Waals surface area contributed by atoms with Crippen LogP contribution in [0.4, 0.5) is 0 Å². The zero-order valence-electron chi connectivity index (χ0n) is 16.8. The van der Waals surface area contributed by atoms with E-state index in [0.29, 0.717) is 24.5 Å². The average Bonchev–Trinajstić information content (AvgIpc) is 3.24. The van der Waals surface area contributed by atoms with Crippen molar-refractivity contribution in [3.63, 3.8) is 0 Å². The van der Waals surface area contributed by atoms with Gasteiger partial charge in [-0.1, -0.05) is 12.1 Å². The van der Waals surface area contributed by atoms with Crippen molar-refractivity contribution in [3.05, 3.63) is 53.6 Å². The molecule has 2 aromatic carbocycles. The molecule has 8 nitrogen and oxygen atoms in total. The Morgan fingerprint density at radius 3 is 2.59 bits per heavy atom. The Balaban J connectivity index is 1.53. The van der Waals surface area contributed by atoms with Crippen molar-refractivity contribution >= 4 is 12.1 Å². The third kappa shape index (κ3) is 5.24. The van der Waals surface area contributed by atoms with E-state index >= 15 is 0 Å². The first kappa shape index (κ1) is 20.6. The van der Waals surface area contributed by atoms with E-state index < -0.39 is 0 Å². The molecule has 0 bridgehead atoms. The minimum Gasteiger partial charge on any atom is -0.494 e. The third-order valence-corrected chi connectivity index (χ3v) is 4.61. The summed E-state index contributed by atoms with van der Waals surface area (Å²) in [5.74, 6) is 1.86. The smallest absolute Gasteiger partial charge is 0.258 e. The Bertz CT molecular complexity index is 854. The molecule has 0 aliphatic carbocycles. The minimum atomic E-state index is -0.380. The van der Waals surface area contributed by atoms with Crippen LogP contribution in [0, 0.1) is 0 Å². The molecule has 8 heteroatoms. The van der Waals surface area contributed by atoms with Gasteiger partial charge in [-0.15, -0.1) is 0 Å². The van der Waals surface area contributed by atoms with Gasteiger partial charge in [-0.05, 0) is 54.8 Å². The molecular weight excluding hydrogens is 372 g/mol. The number of hydrazone groups is 1. The second-order valence-electron chi connectivity index (χ2n) is 6.48. The number of rotatable bonds is 8. The first-order valence-corrected chi connectivity index (χ1v) is 9.43. The highest BCUT2D eigenvalue weighted by Crippen LogP contribution is 2.27. The SMILES string of the molecule is CCOc1ccc(C2CC(C(=O)N/N=C/c3ccc(OC)c(OC)c3)NN2)cc1. The molecule has 1 amide bonds. The van der Waals surface area contributed by atoms with E-state index in [9.17, 15) is 4.79 Å². The van der Waals surface area contributed by atoms with Crippen molar-refractivity contribution in [1.29, 1.82) is 0 Å². The predicted octanol–water partition coefficient (Wildman–Crippen LogP) is 2.16. The van der Waals surface area contributed by atoms with Gasteiger partial charge in [0.15, 0.2) is 11.5 Å². The first-order chi connectivity index (χ1) is 14.1. The summed E-state index contributed by atoms with van der Waals surface area (Å²) in [5, 5.41) is 4.04. The van der Waals surface area contributed by atoms with Gasteiger partial charge < -0.3 is 14.2 Å². The van der Waals surface area contributed by atoms with Crippen molar-refractivity contribution in [2.45, 2.75) is 25.4 Å². The van der Waals surface area contributed by atoms with Crippen LogP contribution in [0.25, 0.3) is 0 Å². The van der Waals surface area contributed by atoms with Gasteiger partial charge in [0.1, 0.15) is 11.8 Å². The molecule has 1 saturated heterocycles. The van der Waals surface area contributed by atoms with Crippen LogP contribution in [0.15, 0.2) is 47.6 Å². The van der Waals surface area contributed by atoms with E-state index in [-0.39, 0.29) is 18.0 Å². The van der Waals surface area contributed by atoms with Gasteiger partial charge in [-0.2, -0.15) is 5.10 Å². The number of nitrogens with one attached hydrogen (secondary N) is 3. The number of methoxy groups -OCH3 is 2. The highest BCUT2D eigenvalue weighted by atomic mass is 16.5. The van der Waals surface area contributed by atoms with Crippen molar-refractivity contribution in [2.75, 3.05) is 20.8 Å². The van der Waals surface area contributed by atoms with Gasteiger partial charge in [0.05, 0.1) is 27.0 Å². The van der Waals surface area contributed by atoms with Crippen LogP contribution in [-0.2, 0) is 4.79 Å². The maximum atomic E-state index is 12.4. The molecule has 154 valence electrons. The van der Waals surface area contributed by atoms with Gasteiger partial charge in [-0.3, -0.25) is 4.79 Å². The predicted molar refractivity (Wildman–Crippen MR) is 110 cm³/mol. The van der Waals surface area contributed by atoms with Crippen LogP contribution < -0.4 is 30.5 Å². The van der Waals surface area contributed by atoms with Crippen LogP contribution in [-0.4, -0.2) is 39.0 Å².